The number of hydrogen-bond acceptors (Lipinski definition) is 3. The van der Waals surface area contributed by atoms with E-state index < -0.39 is 8.32 Å². The van der Waals surface area contributed by atoms with Crippen molar-refractivity contribution in [1.82, 2.24) is 0 Å². The first-order chi connectivity index (χ1) is 10.6. The number of rotatable bonds is 5. The third-order valence-electron chi connectivity index (χ3n) is 5.37. The number of ether oxygens (including phenoxy) is 1. The fourth-order valence-corrected chi connectivity index (χ4v) is 4.09. The molecule has 0 heterocycles. The quantitative estimate of drug-likeness (QED) is 0.559. The molecule has 4 heteroatoms. The highest BCUT2D eigenvalue weighted by atomic mass is 28.4. The molecule has 0 aromatic heterocycles. The van der Waals surface area contributed by atoms with E-state index in [1.807, 2.05) is 18.2 Å². The summed E-state index contributed by atoms with van der Waals surface area (Å²) in [6.45, 7) is 13.5. The molecule has 128 valence electrons. The van der Waals surface area contributed by atoms with Crippen molar-refractivity contribution in [3.63, 3.8) is 0 Å². The molecule has 0 aliphatic heterocycles. The van der Waals surface area contributed by atoms with Crippen LogP contribution < -0.4 is 0 Å². The summed E-state index contributed by atoms with van der Waals surface area (Å²) < 4.78 is 12.0. The maximum Gasteiger partial charge on any atom is 0.338 e. The van der Waals surface area contributed by atoms with Crippen molar-refractivity contribution >= 4 is 14.3 Å². The van der Waals surface area contributed by atoms with Crippen LogP contribution in [0.3, 0.4) is 0 Å². The van der Waals surface area contributed by atoms with Gasteiger partial charge in [-0.1, -0.05) is 39.0 Å². The van der Waals surface area contributed by atoms with E-state index >= 15 is 0 Å². The minimum atomic E-state index is -1.73. The summed E-state index contributed by atoms with van der Waals surface area (Å²) in [7, 11) is -1.73. The predicted molar refractivity (Wildman–Crippen MR) is 96.1 cm³/mol. The van der Waals surface area contributed by atoms with Crippen molar-refractivity contribution in [3.05, 3.63) is 35.9 Å². The van der Waals surface area contributed by atoms with Gasteiger partial charge in [0, 0.05) is 6.10 Å². The molecule has 0 saturated heterocycles. The molecule has 1 unspecified atom stereocenters. The second-order valence-electron chi connectivity index (χ2n) is 8.21. The van der Waals surface area contributed by atoms with Gasteiger partial charge in [0.2, 0.25) is 0 Å². The van der Waals surface area contributed by atoms with Crippen LogP contribution in [0, 0.1) is 5.92 Å². The third-order valence-corrected chi connectivity index (χ3v) is 9.94. The fraction of sp³-hybridized carbons (Fsp3) is 0.632. The van der Waals surface area contributed by atoms with Gasteiger partial charge >= 0.3 is 5.97 Å². The molecule has 3 nitrogen and oxygen atoms in total. The van der Waals surface area contributed by atoms with Crippen molar-refractivity contribution < 1.29 is 14.0 Å². The monoisotopic (exact) mass is 334 g/mol. The molecule has 1 saturated carbocycles. The summed E-state index contributed by atoms with van der Waals surface area (Å²) in [5, 5.41) is 0.226. The second kappa shape index (κ2) is 6.77. The van der Waals surface area contributed by atoms with Crippen molar-refractivity contribution in [3.8, 4) is 0 Å². The Balaban J connectivity index is 1.79. The zero-order valence-electron chi connectivity index (χ0n) is 15.3. The van der Waals surface area contributed by atoms with E-state index in [0.717, 1.165) is 12.8 Å². The largest absolute Gasteiger partial charge is 0.459 e. The van der Waals surface area contributed by atoms with E-state index in [4.69, 9.17) is 9.16 Å². The summed E-state index contributed by atoms with van der Waals surface area (Å²) in [5.41, 5.74) is 0.626. The molecule has 0 radical (unpaired) electrons. The lowest BCUT2D eigenvalue weighted by molar-refractivity contribution is -0.0395. The minimum absolute atomic E-state index is 0.0400. The Morgan fingerprint density at radius 2 is 1.74 bits per heavy atom. The van der Waals surface area contributed by atoms with E-state index in [0.29, 0.717) is 11.5 Å². The van der Waals surface area contributed by atoms with Crippen LogP contribution >= 0.6 is 0 Å². The SMILES string of the molecule is CC(O[Si](C)(C)C(C)(C)C)C1CC(OC(=O)c2ccccc2)C1. The third kappa shape index (κ3) is 4.45. The van der Waals surface area contributed by atoms with Gasteiger partial charge in [-0.25, -0.2) is 4.79 Å². The lowest BCUT2D eigenvalue weighted by Crippen LogP contribution is -2.48. The molecule has 0 spiro atoms. The van der Waals surface area contributed by atoms with Gasteiger partial charge in [-0.05, 0) is 55.9 Å². The van der Waals surface area contributed by atoms with Gasteiger partial charge in [-0.15, -0.1) is 0 Å². The smallest absolute Gasteiger partial charge is 0.338 e. The number of esters is 1. The van der Waals surface area contributed by atoms with Crippen LogP contribution in [0.2, 0.25) is 18.1 Å². The maximum absolute atomic E-state index is 12.0. The van der Waals surface area contributed by atoms with E-state index in [1.165, 1.54) is 0 Å². The average Bonchev–Trinajstić information content (AvgIpc) is 2.41. The standard InChI is InChI=1S/C19H30O3Si/c1-14(22-23(5,6)19(2,3)4)16-12-17(13-16)21-18(20)15-10-8-7-9-11-15/h7-11,14,16-17H,12-13H2,1-6H3. The van der Waals surface area contributed by atoms with Crippen LogP contribution in [-0.4, -0.2) is 26.5 Å². The van der Waals surface area contributed by atoms with Gasteiger partial charge in [0.05, 0.1) is 5.56 Å². The Hall–Kier alpha value is -1.13. The Kier molecular flexibility index (Phi) is 5.36. The molecule has 2 rings (SSSR count). The van der Waals surface area contributed by atoms with E-state index in [-0.39, 0.29) is 23.2 Å². The van der Waals surface area contributed by atoms with Gasteiger partial charge < -0.3 is 9.16 Å². The molecule has 0 N–H and O–H groups in total. The van der Waals surface area contributed by atoms with Crippen LogP contribution in [-0.2, 0) is 9.16 Å². The first-order valence-electron chi connectivity index (χ1n) is 8.54. The van der Waals surface area contributed by atoms with Gasteiger partial charge in [-0.2, -0.15) is 0 Å². The first-order valence-corrected chi connectivity index (χ1v) is 11.4. The number of carbonyl (C=O) groups is 1. The molecular formula is C19H30O3Si. The lowest BCUT2D eigenvalue weighted by Gasteiger charge is -2.44. The minimum Gasteiger partial charge on any atom is -0.459 e. The molecule has 1 atom stereocenters. The molecule has 1 aliphatic rings. The van der Waals surface area contributed by atoms with Crippen LogP contribution in [0.5, 0.6) is 0 Å². The number of hydrogen-bond donors (Lipinski definition) is 0. The van der Waals surface area contributed by atoms with Crippen molar-refractivity contribution in [1.29, 1.82) is 0 Å². The molecule has 1 aliphatic carbocycles. The fourth-order valence-electron chi connectivity index (χ4n) is 2.62. The summed E-state index contributed by atoms with van der Waals surface area (Å²) in [6, 6.07) is 9.20. The van der Waals surface area contributed by atoms with Gasteiger partial charge in [-0.3, -0.25) is 0 Å². The number of carbonyl (C=O) groups excluding carboxylic acids is 1. The average molecular weight is 335 g/mol. The molecule has 1 aromatic carbocycles. The molecular weight excluding hydrogens is 304 g/mol. The van der Waals surface area contributed by atoms with Gasteiger partial charge in [0.15, 0.2) is 8.32 Å². The Morgan fingerprint density at radius 3 is 2.26 bits per heavy atom. The van der Waals surface area contributed by atoms with Crippen LogP contribution in [0.1, 0.15) is 50.9 Å². The van der Waals surface area contributed by atoms with E-state index in [1.54, 1.807) is 12.1 Å². The second-order valence-corrected chi connectivity index (χ2v) is 13.0. The van der Waals surface area contributed by atoms with Crippen LogP contribution in [0.25, 0.3) is 0 Å². The molecule has 1 aromatic rings. The van der Waals surface area contributed by atoms with Crippen molar-refractivity contribution in [2.24, 2.45) is 5.92 Å². The molecule has 1 fully saturated rings. The van der Waals surface area contributed by atoms with E-state index in [9.17, 15) is 4.79 Å². The maximum atomic E-state index is 12.0. The zero-order chi connectivity index (χ0) is 17.3. The van der Waals surface area contributed by atoms with Crippen LogP contribution in [0.4, 0.5) is 0 Å². The highest BCUT2D eigenvalue weighted by Gasteiger charge is 2.43. The first kappa shape index (κ1) is 18.2. The Morgan fingerprint density at radius 1 is 1.17 bits per heavy atom. The van der Waals surface area contributed by atoms with Gasteiger partial charge in [0.25, 0.3) is 0 Å². The number of benzene rings is 1. The molecule has 0 bridgehead atoms. The van der Waals surface area contributed by atoms with Crippen LogP contribution in [0.15, 0.2) is 30.3 Å². The highest BCUT2D eigenvalue weighted by Crippen LogP contribution is 2.41. The van der Waals surface area contributed by atoms with Crippen molar-refractivity contribution in [2.45, 2.75) is 70.9 Å². The Labute approximate surface area is 141 Å². The normalized spacial score (nSPS) is 23.0. The molecule has 23 heavy (non-hydrogen) atoms. The zero-order valence-corrected chi connectivity index (χ0v) is 16.3. The topological polar surface area (TPSA) is 35.5 Å². The molecule has 0 amide bonds. The predicted octanol–water partition coefficient (Wildman–Crippen LogP) is 5.03. The van der Waals surface area contributed by atoms with Crippen molar-refractivity contribution in [2.75, 3.05) is 0 Å². The summed E-state index contributed by atoms with van der Waals surface area (Å²) in [6.07, 6.45) is 2.10. The summed E-state index contributed by atoms with van der Waals surface area (Å²) >= 11 is 0. The lowest BCUT2D eigenvalue weighted by atomic mass is 9.79. The summed E-state index contributed by atoms with van der Waals surface area (Å²) in [5.74, 6) is 0.282. The Bertz CT molecular complexity index is 527. The summed E-state index contributed by atoms with van der Waals surface area (Å²) in [4.78, 5) is 12.0. The van der Waals surface area contributed by atoms with E-state index in [2.05, 4.69) is 40.8 Å². The highest BCUT2D eigenvalue weighted by molar-refractivity contribution is 6.74. The van der Waals surface area contributed by atoms with Gasteiger partial charge in [0.1, 0.15) is 6.10 Å².